The predicted octanol–water partition coefficient (Wildman–Crippen LogP) is 2.34. The van der Waals surface area contributed by atoms with Gasteiger partial charge in [-0.25, -0.2) is 19.4 Å². The molecule has 0 unspecified atom stereocenters. The molecule has 3 rings (SSSR count). The first-order chi connectivity index (χ1) is 10.1. The van der Waals surface area contributed by atoms with E-state index in [2.05, 4.69) is 24.9 Å². The number of aromatic carboxylic acids is 1. The van der Waals surface area contributed by atoms with E-state index < -0.39 is 5.97 Å². The highest BCUT2D eigenvalue weighted by Crippen LogP contribution is 2.39. The maximum atomic E-state index is 11.4. The van der Waals surface area contributed by atoms with Gasteiger partial charge in [0.2, 0.25) is 0 Å². The van der Waals surface area contributed by atoms with E-state index in [4.69, 9.17) is 0 Å². The van der Waals surface area contributed by atoms with Gasteiger partial charge in [-0.15, -0.1) is 0 Å². The molecule has 21 heavy (non-hydrogen) atoms. The molecule has 1 fully saturated rings. The summed E-state index contributed by atoms with van der Waals surface area (Å²) < 4.78 is 4.64. The molecule has 0 saturated heterocycles. The first-order valence-corrected chi connectivity index (χ1v) is 7.57. The Morgan fingerprint density at radius 2 is 2.05 bits per heavy atom. The Kier molecular flexibility index (Phi) is 3.62. The summed E-state index contributed by atoms with van der Waals surface area (Å²) in [6.07, 6.45) is 2.14. The summed E-state index contributed by atoms with van der Waals surface area (Å²) in [4.78, 5) is 20.2. The third-order valence-corrected chi connectivity index (χ3v) is 4.31. The minimum absolute atomic E-state index is 0.165. The lowest BCUT2D eigenvalue weighted by Gasteiger charge is -2.09. The molecule has 2 aromatic rings. The van der Waals surface area contributed by atoms with E-state index in [-0.39, 0.29) is 5.56 Å². The van der Waals surface area contributed by atoms with Crippen molar-refractivity contribution in [2.24, 2.45) is 0 Å². The van der Waals surface area contributed by atoms with Gasteiger partial charge in [0.25, 0.3) is 0 Å². The topological polar surface area (TPSA) is 102 Å². The first kappa shape index (κ1) is 14.0. The van der Waals surface area contributed by atoms with Gasteiger partial charge in [0, 0.05) is 11.7 Å². The van der Waals surface area contributed by atoms with Crippen LogP contribution in [0.25, 0.3) is 0 Å². The zero-order chi connectivity index (χ0) is 15.0. The Morgan fingerprint density at radius 3 is 2.62 bits per heavy atom. The van der Waals surface area contributed by atoms with Crippen LogP contribution in [0.2, 0.25) is 0 Å². The summed E-state index contributed by atoms with van der Waals surface area (Å²) in [6.45, 7) is 3.51. The molecule has 1 aliphatic carbocycles. The van der Waals surface area contributed by atoms with Gasteiger partial charge in [0.15, 0.2) is 0 Å². The van der Waals surface area contributed by atoms with Gasteiger partial charge in [0.1, 0.15) is 27.8 Å². The number of nitrogens with zero attached hydrogens (tertiary/aromatic N) is 4. The maximum absolute atomic E-state index is 11.4. The van der Waals surface area contributed by atoms with Crippen molar-refractivity contribution in [1.29, 1.82) is 0 Å². The molecule has 2 aromatic heterocycles. The van der Waals surface area contributed by atoms with E-state index in [1.165, 1.54) is 11.8 Å². The largest absolute Gasteiger partial charge is 0.478 e. The van der Waals surface area contributed by atoms with Crippen molar-refractivity contribution < 1.29 is 14.5 Å². The Hall–Kier alpha value is -1.96. The highest BCUT2D eigenvalue weighted by molar-refractivity contribution is 7.98. The Morgan fingerprint density at radius 1 is 1.29 bits per heavy atom. The Labute approximate surface area is 125 Å². The fraction of sp³-hybridized carbons (Fsp3) is 0.462. The molecule has 0 bridgehead atoms. The average Bonchev–Trinajstić information content (AvgIpc) is 3.19. The van der Waals surface area contributed by atoms with Gasteiger partial charge in [-0.1, -0.05) is 22.1 Å². The van der Waals surface area contributed by atoms with Crippen molar-refractivity contribution in [2.45, 2.75) is 43.4 Å². The van der Waals surface area contributed by atoms with E-state index in [0.717, 1.165) is 18.7 Å². The molecule has 110 valence electrons. The average molecular weight is 306 g/mol. The normalized spacial score (nSPS) is 14.4. The van der Waals surface area contributed by atoms with Crippen LogP contribution in [-0.4, -0.2) is 31.4 Å². The monoisotopic (exact) mass is 306 g/mol. The van der Waals surface area contributed by atoms with Crippen molar-refractivity contribution in [1.82, 2.24) is 20.3 Å². The number of rotatable bonds is 5. The van der Waals surface area contributed by atoms with Gasteiger partial charge in [0.05, 0.1) is 5.69 Å². The van der Waals surface area contributed by atoms with E-state index in [9.17, 15) is 9.90 Å². The molecule has 1 N–H and O–H groups in total. The number of aryl methyl sites for hydroxylation is 2. The molecule has 0 aliphatic heterocycles. The third-order valence-electron chi connectivity index (χ3n) is 3.32. The number of hydrogen-bond donors (Lipinski definition) is 1. The van der Waals surface area contributed by atoms with Crippen LogP contribution in [-0.2, 0) is 5.75 Å². The van der Waals surface area contributed by atoms with Crippen LogP contribution in [0.4, 0.5) is 0 Å². The first-order valence-electron chi connectivity index (χ1n) is 6.59. The molecule has 0 radical (unpaired) electrons. The highest BCUT2D eigenvalue weighted by atomic mass is 32.2. The number of hydrogen-bond acceptors (Lipinski definition) is 7. The van der Waals surface area contributed by atoms with Crippen molar-refractivity contribution in [2.75, 3.05) is 0 Å². The minimum atomic E-state index is -1.01. The highest BCUT2D eigenvalue weighted by Gasteiger charge is 2.29. The van der Waals surface area contributed by atoms with Gasteiger partial charge in [-0.05, 0) is 26.7 Å². The van der Waals surface area contributed by atoms with Gasteiger partial charge >= 0.3 is 5.97 Å². The molecule has 0 atom stereocenters. The van der Waals surface area contributed by atoms with E-state index in [1.54, 1.807) is 13.8 Å². The zero-order valence-corrected chi connectivity index (χ0v) is 12.5. The molecule has 0 aromatic carbocycles. The number of carboxylic acids is 1. The van der Waals surface area contributed by atoms with Crippen LogP contribution in [0.5, 0.6) is 0 Å². The summed E-state index contributed by atoms with van der Waals surface area (Å²) in [5.74, 6) is 0.583. The van der Waals surface area contributed by atoms with Gasteiger partial charge in [-0.2, -0.15) is 0 Å². The molecule has 0 amide bonds. The Bertz CT molecular complexity index is 697. The number of aromatic nitrogens is 4. The molecule has 1 saturated carbocycles. The van der Waals surface area contributed by atoms with E-state index >= 15 is 0 Å². The second kappa shape index (κ2) is 5.44. The van der Waals surface area contributed by atoms with Crippen molar-refractivity contribution in [3.8, 4) is 0 Å². The van der Waals surface area contributed by atoms with Crippen molar-refractivity contribution in [3.05, 3.63) is 28.5 Å². The van der Waals surface area contributed by atoms with Gasteiger partial charge in [-0.3, -0.25) is 0 Å². The molecular weight excluding hydrogens is 292 g/mol. The van der Waals surface area contributed by atoms with Crippen LogP contribution in [0.15, 0.2) is 9.65 Å². The fourth-order valence-corrected chi connectivity index (χ4v) is 3.03. The second-order valence-corrected chi connectivity index (χ2v) is 5.98. The van der Waals surface area contributed by atoms with Crippen LogP contribution >= 0.6 is 11.8 Å². The summed E-state index contributed by atoms with van der Waals surface area (Å²) in [5.41, 5.74) is 2.07. The second-order valence-electron chi connectivity index (χ2n) is 5.01. The predicted molar refractivity (Wildman–Crippen MR) is 74.3 cm³/mol. The van der Waals surface area contributed by atoms with Crippen LogP contribution in [0, 0.1) is 13.8 Å². The third kappa shape index (κ3) is 2.90. The zero-order valence-electron chi connectivity index (χ0n) is 11.7. The van der Waals surface area contributed by atoms with Crippen molar-refractivity contribution in [3.63, 3.8) is 0 Å². The lowest BCUT2D eigenvalue weighted by Crippen LogP contribution is -2.09. The fourth-order valence-electron chi connectivity index (χ4n) is 1.96. The summed E-state index contributed by atoms with van der Waals surface area (Å²) in [6, 6.07) is 0. The number of carbonyl (C=O) groups is 1. The summed E-state index contributed by atoms with van der Waals surface area (Å²) in [5, 5.41) is 17.4. The number of thioether (sulfide) groups is 1. The lowest BCUT2D eigenvalue weighted by atomic mass is 10.2. The molecule has 7 nitrogen and oxygen atoms in total. The van der Waals surface area contributed by atoms with Crippen molar-refractivity contribution >= 4 is 17.7 Å². The summed E-state index contributed by atoms with van der Waals surface area (Å²) in [7, 11) is 0. The van der Waals surface area contributed by atoms with E-state index in [1.807, 2.05) is 0 Å². The standard InChI is InChI=1S/C13H14N4O3S/c1-6-9(17-20-16-6)5-21-12-10(13(18)19)7(2)14-11(15-12)8-3-4-8/h8H,3-5H2,1-2H3,(H,18,19). The maximum Gasteiger partial charge on any atom is 0.340 e. The number of carboxylic acid groups (broad SMARTS) is 1. The molecular formula is C13H14N4O3S. The molecule has 0 spiro atoms. The van der Waals surface area contributed by atoms with E-state index in [0.29, 0.717) is 33.8 Å². The molecule has 1 aliphatic rings. The minimum Gasteiger partial charge on any atom is -0.478 e. The molecule has 2 heterocycles. The van der Waals surface area contributed by atoms with Crippen LogP contribution < -0.4 is 0 Å². The van der Waals surface area contributed by atoms with Crippen LogP contribution in [0.3, 0.4) is 0 Å². The SMILES string of the molecule is Cc1nonc1CSc1nc(C2CC2)nc(C)c1C(=O)O. The smallest absolute Gasteiger partial charge is 0.340 e. The lowest BCUT2D eigenvalue weighted by molar-refractivity contribution is 0.0690. The van der Waals surface area contributed by atoms with Crippen LogP contribution in [0.1, 0.15) is 52.0 Å². The summed E-state index contributed by atoms with van der Waals surface area (Å²) >= 11 is 1.33. The quantitative estimate of drug-likeness (QED) is 0.663. The molecule has 8 heteroatoms. The Balaban J connectivity index is 1.91. The van der Waals surface area contributed by atoms with Gasteiger partial charge < -0.3 is 5.11 Å².